The number of amides is 1. The normalized spacial score (nSPS) is 14.8. The van der Waals surface area contributed by atoms with E-state index in [2.05, 4.69) is 5.32 Å². The molecular weight excluding hydrogens is 246 g/mol. The van der Waals surface area contributed by atoms with Gasteiger partial charge < -0.3 is 15.5 Å². The molecule has 1 atom stereocenters. The van der Waals surface area contributed by atoms with E-state index in [-0.39, 0.29) is 13.0 Å². The van der Waals surface area contributed by atoms with Crippen LogP contribution in [0.3, 0.4) is 0 Å². The van der Waals surface area contributed by atoms with Crippen LogP contribution in [0.25, 0.3) is 0 Å². The van der Waals surface area contributed by atoms with Crippen LogP contribution in [-0.4, -0.2) is 34.7 Å². The van der Waals surface area contributed by atoms with Gasteiger partial charge >= 0.3 is 5.97 Å². The van der Waals surface area contributed by atoms with Crippen LogP contribution in [0.2, 0.25) is 0 Å². The number of carbonyl (C=O) groups excluding carboxylic acids is 1. The monoisotopic (exact) mass is 263 g/mol. The number of hydrogen-bond donors (Lipinski definition) is 3. The summed E-state index contributed by atoms with van der Waals surface area (Å²) >= 11 is 0. The van der Waals surface area contributed by atoms with Gasteiger partial charge in [0.15, 0.2) is 0 Å². The molecule has 0 aromatic heterocycles. The number of aliphatic hydroxyl groups is 1. The van der Waals surface area contributed by atoms with Crippen molar-refractivity contribution < 1.29 is 19.8 Å². The fourth-order valence-corrected chi connectivity index (χ4v) is 2.34. The van der Waals surface area contributed by atoms with Crippen molar-refractivity contribution in [3.05, 3.63) is 34.9 Å². The summed E-state index contributed by atoms with van der Waals surface area (Å²) in [4.78, 5) is 22.9. The SMILES string of the molecule is O=C(N[C@@H](CCO)C(=O)O)c1ccc2c(c1)CCC2. The minimum Gasteiger partial charge on any atom is -0.480 e. The molecule has 3 N–H and O–H groups in total. The molecule has 1 aliphatic rings. The second-order valence-corrected chi connectivity index (χ2v) is 4.71. The fraction of sp³-hybridized carbons (Fsp3) is 0.429. The molecule has 0 radical (unpaired) electrons. The van der Waals surface area contributed by atoms with Gasteiger partial charge in [-0.3, -0.25) is 4.79 Å². The summed E-state index contributed by atoms with van der Waals surface area (Å²) in [5.74, 6) is -1.54. The van der Waals surface area contributed by atoms with E-state index in [0.717, 1.165) is 19.3 Å². The fourth-order valence-electron chi connectivity index (χ4n) is 2.34. The summed E-state index contributed by atoms with van der Waals surface area (Å²) in [6.45, 7) is -0.276. The average molecular weight is 263 g/mol. The Bertz CT molecular complexity index is 498. The highest BCUT2D eigenvalue weighted by atomic mass is 16.4. The molecule has 1 aromatic rings. The quantitative estimate of drug-likeness (QED) is 0.731. The molecule has 19 heavy (non-hydrogen) atoms. The molecule has 5 heteroatoms. The van der Waals surface area contributed by atoms with Gasteiger partial charge in [-0.2, -0.15) is 0 Å². The predicted octanol–water partition coefficient (Wildman–Crippen LogP) is 0.741. The van der Waals surface area contributed by atoms with Crippen LogP contribution in [0, 0.1) is 0 Å². The number of nitrogens with one attached hydrogen (secondary N) is 1. The molecule has 0 saturated heterocycles. The van der Waals surface area contributed by atoms with Crippen molar-refractivity contribution in [3.63, 3.8) is 0 Å². The van der Waals surface area contributed by atoms with Crippen molar-refractivity contribution >= 4 is 11.9 Å². The van der Waals surface area contributed by atoms with Gasteiger partial charge in [-0.05, 0) is 42.5 Å². The van der Waals surface area contributed by atoms with Gasteiger partial charge in [0.2, 0.25) is 0 Å². The Balaban J connectivity index is 2.09. The Morgan fingerprint density at radius 1 is 1.26 bits per heavy atom. The second kappa shape index (κ2) is 5.84. The van der Waals surface area contributed by atoms with Crippen LogP contribution in [-0.2, 0) is 17.6 Å². The summed E-state index contributed by atoms with van der Waals surface area (Å²) in [7, 11) is 0. The van der Waals surface area contributed by atoms with Gasteiger partial charge in [-0.15, -0.1) is 0 Å². The Kier molecular flexibility index (Phi) is 4.16. The lowest BCUT2D eigenvalue weighted by molar-refractivity contribution is -0.139. The van der Waals surface area contributed by atoms with Crippen LogP contribution in [0.4, 0.5) is 0 Å². The van der Waals surface area contributed by atoms with E-state index in [9.17, 15) is 9.59 Å². The van der Waals surface area contributed by atoms with Crippen molar-refractivity contribution in [2.75, 3.05) is 6.61 Å². The number of aliphatic hydroxyl groups excluding tert-OH is 1. The van der Waals surface area contributed by atoms with Gasteiger partial charge in [0.05, 0.1) is 0 Å². The Hall–Kier alpha value is -1.88. The van der Waals surface area contributed by atoms with E-state index >= 15 is 0 Å². The number of aryl methyl sites for hydroxylation is 2. The first-order valence-corrected chi connectivity index (χ1v) is 6.38. The summed E-state index contributed by atoms with van der Waals surface area (Å²) in [5.41, 5.74) is 2.91. The first-order valence-electron chi connectivity index (χ1n) is 6.38. The molecule has 0 fully saturated rings. The maximum absolute atomic E-state index is 12.0. The third-order valence-corrected chi connectivity index (χ3v) is 3.38. The van der Waals surface area contributed by atoms with E-state index < -0.39 is 17.9 Å². The van der Waals surface area contributed by atoms with Crippen molar-refractivity contribution in [1.82, 2.24) is 5.32 Å². The molecule has 0 unspecified atom stereocenters. The zero-order chi connectivity index (χ0) is 13.8. The highest BCUT2D eigenvalue weighted by molar-refractivity contribution is 5.96. The van der Waals surface area contributed by atoms with Crippen molar-refractivity contribution in [1.29, 1.82) is 0 Å². The molecule has 0 saturated carbocycles. The Labute approximate surface area is 111 Å². The van der Waals surface area contributed by atoms with Gasteiger partial charge in [-0.25, -0.2) is 4.79 Å². The second-order valence-electron chi connectivity index (χ2n) is 4.71. The van der Waals surface area contributed by atoms with E-state index in [1.165, 1.54) is 11.1 Å². The maximum atomic E-state index is 12.0. The molecule has 1 aliphatic carbocycles. The number of carboxylic acids is 1. The lowest BCUT2D eigenvalue weighted by Gasteiger charge is -2.13. The van der Waals surface area contributed by atoms with E-state index in [1.807, 2.05) is 12.1 Å². The van der Waals surface area contributed by atoms with E-state index in [1.54, 1.807) is 6.07 Å². The summed E-state index contributed by atoms with van der Waals surface area (Å²) in [5, 5.41) is 20.1. The smallest absolute Gasteiger partial charge is 0.326 e. The summed E-state index contributed by atoms with van der Waals surface area (Å²) in [6.07, 6.45) is 3.11. The predicted molar refractivity (Wildman–Crippen MR) is 69.1 cm³/mol. The van der Waals surface area contributed by atoms with Crippen LogP contribution < -0.4 is 5.32 Å². The highest BCUT2D eigenvalue weighted by Gasteiger charge is 2.21. The first-order chi connectivity index (χ1) is 9.11. The molecule has 2 rings (SSSR count). The molecule has 0 aliphatic heterocycles. The Morgan fingerprint density at radius 3 is 2.68 bits per heavy atom. The highest BCUT2D eigenvalue weighted by Crippen LogP contribution is 2.22. The topological polar surface area (TPSA) is 86.6 Å². The third-order valence-electron chi connectivity index (χ3n) is 3.38. The van der Waals surface area contributed by atoms with Gasteiger partial charge in [0.25, 0.3) is 5.91 Å². The number of fused-ring (bicyclic) bond motifs is 1. The molecule has 5 nitrogen and oxygen atoms in total. The van der Waals surface area contributed by atoms with Crippen LogP contribution >= 0.6 is 0 Å². The number of carboxylic acid groups (broad SMARTS) is 1. The lowest BCUT2D eigenvalue weighted by atomic mass is 10.1. The summed E-state index contributed by atoms with van der Waals surface area (Å²) in [6, 6.07) is 4.43. The van der Waals surface area contributed by atoms with E-state index in [4.69, 9.17) is 10.2 Å². The van der Waals surface area contributed by atoms with Crippen molar-refractivity contribution in [3.8, 4) is 0 Å². The molecule has 1 amide bonds. The third kappa shape index (κ3) is 3.12. The van der Waals surface area contributed by atoms with Crippen LogP contribution in [0.15, 0.2) is 18.2 Å². The number of aliphatic carboxylic acids is 1. The lowest BCUT2D eigenvalue weighted by Crippen LogP contribution is -2.41. The maximum Gasteiger partial charge on any atom is 0.326 e. The zero-order valence-electron chi connectivity index (χ0n) is 10.6. The first kappa shape index (κ1) is 13.5. The molecule has 0 spiro atoms. The van der Waals surface area contributed by atoms with Crippen LogP contribution in [0.1, 0.15) is 34.3 Å². The molecular formula is C14H17NO4. The average Bonchev–Trinajstić information content (AvgIpc) is 2.85. The minimum atomic E-state index is -1.14. The number of hydrogen-bond acceptors (Lipinski definition) is 3. The number of carbonyl (C=O) groups is 2. The molecule has 0 heterocycles. The number of benzene rings is 1. The van der Waals surface area contributed by atoms with Gasteiger partial charge in [-0.1, -0.05) is 6.07 Å². The Morgan fingerprint density at radius 2 is 2.00 bits per heavy atom. The molecule has 102 valence electrons. The van der Waals surface area contributed by atoms with Gasteiger partial charge in [0, 0.05) is 18.6 Å². The number of rotatable bonds is 5. The molecule has 0 bridgehead atoms. The summed E-state index contributed by atoms with van der Waals surface area (Å²) < 4.78 is 0. The van der Waals surface area contributed by atoms with Crippen molar-refractivity contribution in [2.45, 2.75) is 31.7 Å². The van der Waals surface area contributed by atoms with Crippen molar-refractivity contribution in [2.24, 2.45) is 0 Å². The minimum absolute atomic E-state index is 0.00597. The van der Waals surface area contributed by atoms with Crippen LogP contribution in [0.5, 0.6) is 0 Å². The standard InChI is InChI=1S/C14H17NO4/c16-7-6-12(14(18)19)15-13(17)11-5-4-9-2-1-3-10(9)8-11/h4-5,8,12,16H,1-3,6-7H2,(H,15,17)(H,18,19)/t12-/m0/s1. The van der Waals surface area contributed by atoms with E-state index in [0.29, 0.717) is 5.56 Å². The largest absolute Gasteiger partial charge is 0.480 e. The van der Waals surface area contributed by atoms with Gasteiger partial charge in [0.1, 0.15) is 6.04 Å². The molecule has 1 aromatic carbocycles. The zero-order valence-corrected chi connectivity index (χ0v) is 10.6.